The van der Waals surface area contributed by atoms with E-state index < -0.39 is 0 Å². The summed E-state index contributed by atoms with van der Waals surface area (Å²) in [6.07, 6.45) is 0. The first kappa shape index (κ1) is 12.0. The normalized spacial score (nSPS) is 11.1. The lowest BCUT2D eigenvalue weighted by molar-refractivity contribution is 0.774. The minimum Gasteiger partial charge on any atom is -0.344 e. The third kappa shape index (κ3) is 2.31. The molecule has 2 rings (SSSR count). The van der Waals surface area contributed by atoms with E-state index >= 15 is 0 Å². The summed E-state index contributed by atoms with van der Waals surface area (Å²) in [6, 6.07) is 14.6. The van der Waals surface area contributed by atoms with Crippen molar-refractivity contribution in [1.82, 2.24) is 6.15 Å². The van der Waals surface area contributed by atoms with Gasteiger partial charge < -0.3 is 6.15 Å². The van der Waals surface area contributed by atoms with Crippen LogP contribution in [0.4, 0.5) is 0 Å². The van der Waals surface area contributed by atoms with Gasteiger partial charge in [-0.2, -0.15) is 0 Å². The number of rotatable bonds is 1. The molecule has 0 fully saturated rings. The zero-order valence-corrected chi connectivity index (χ0v) is 9.88. The fraction of sp³-hybridized carbons (Fsp3) is 0.231. The second kappa shape index (κ2) is 4.21. The average Bonchev–Trinajstić information content (AvgIpc) is 2.15. The van der Waals surface area contributed by atoms with Crippen LogP contribution >= 0.6 is 11.6 Å². The van der Waals surface area contributed by atoms with Crippen molar-refractivity contribution in [3.63, 3.8) is 0 Å². The highest BCUT2D eigenvalue weighted by Gasteiger charge is 2.18. The SMILES string of the molecule is CC(C)(Cl)c1cccc2ccccc12.N. The summed E-state index contributed by atoms with van der Waals surface area (Å²) in [5.74, 6) is 0. The molecule has 2 aromatic carbocycles. The first-order valence-corrected chi connectivity index (χ1v) is 5.14. The molecular formula is C13H16ClN. The number of hydrogen-bond acceptors (Lipinski definition) is 1. The van der Waals surface area contributed by atoms with Gasteiger partial charge in [-0.1, -0.05) is 42.5 Å². The van der Waals surface area contributed by atoms with E-state index in [0.717, 1.165) is 0 Å². The number of fused-ring (bicyclic) bond motifs is 1. The topological polar surface area (TPSA) is 35.0 Å². The van der Waals surface area contributed by atoms with Gasteiger partial charge >= 0.3 is 0 Å². The van der Waals surface area contributed by atoms with Crippen molar-refractivity contribution in [1.29, 1.82) is 0 Å². The Bertz CT molecular complexity index is 452. The van der Waals surface area contributed by atoms with Crippen LogP contribution in [0.15, 0.2) is 42.5 Å². The van der Waals surface area contributed by atoms with E-state index in [1.54, 1.807) is 0 Å². The molecule has 3 N–H and O–H groups in total. The van der Waals surface area contributed by atoms with Crippen LogP contribution in [0, 0.1) is 0 Å². The van der Waals surface area contributed by atoms with Crippen molar-refractivity contribution in [3.05, 3.63) is 48.0 Å². The zero-order valence-electron chi connectivity index (χ0n) is 9.13. The third-order valence-corrected chi connectivity index (χ3v) is 2.63. The summed E-state index contributed by atoms with van der Waals surface area (Å²) >= 11 is 6.34. The van der Waals surface area contributed by atoms with E-state index in [0.29, 0.717) is 0 Å². The molecule has 0 amide bonds. The van der Waals surface area contributed by atoms with Crippen molar-refractivity contribution in [2.75, 3.05) is 0 Å². The molecule has 0 aromatic heterocycles. The summed E-state index contributed by atoms with van der Waals surface area (Å²) in [4.78, 5) is -0.305. The highest BCUT2D eigenvalue weighted by Crippen LogP contribution is 2.33. The van der Waals surface area contributed by atoms with Crippen molar-refractivity contribution >= 4 is 22.4 Å². The molecular weight excluding hydrogens is 206 g/mol. The van der Waals surface area contributed by atoms with Crippen LogP contribution in [0.1, 0.15) is 19.4 Å². The van der Waals surface area contributed by atoms with Crippen LogP contribution in [-0.2, 0) is 4.87 Å². The Hall–Kier alpha value is -1.05. The van der Waals surface area contributed by atoms with Crippen LogP contribution in [0.5, 0.6) is 0 Å². The molecule has 0 aliphatic carbocycles. The van der Waals surface area contributed by atoms with Crippen molar-refractivity contribution in [2.45, 2.75) is 18.7 Å². The van der Waals surface area contributed by atoms with Gasteiger partial charge in [0.05, 0.1) is 4.87 Å². The summed E-state index contributed by atoms with van der Waals surface area (Å²) in [6.45, 7) is 4.05. The maximum atomic E-state index is 6.34. The van der Waals surface area contributed by atoms with E-state index in [-0.39, 0.29) is 11.0 Å². The largest absolute Gasteiger partial charge is 0.344 e. The van der Waals surface area contributed by atoms with Gasteiger partial charge in [0, 0.05) is 0 Å². The van der Waals surface area contributed by atoms with E-state index in [1.165, 1.54) is 16.3 Å². The van der Waals surface area contributed by atoms with Gasteiger partial charge in [0.25, 0.3) is 0 Å². The Morgan fingerprint density at radius 2 is 1.53 bits per heavy atom. The van der Waals surface area contributed by atoms with Crippen molar-refractivity contribution < 1.29 is 0 Å². The molecule has 0 bridgehead atoms. The lowest BCUT2D eigenvalue weighted by Gasteiger charge is -2.18. The van der Waals surface area contributed by atoms with Gasteiger partial charge in [0.1, 0.15) is 0 Å². The Balaban J connectivity index is 0.00000112. The highest BCUT2D eigenvalue weighted by atomic mass is 35.5. The molecule has 0 unspecified atom stereocenters. The standard InChI is InChI=1S/C13H13Cl.H3N/c1-13(2,14)12-9-5-7-10-6-3-4-8-11(10)12;/h3-9H,1-2H3;1H3. The lowest BCUT2D eigenvalue weighted by atomic mass is 9.95. The summed E-state index contributed by atoms with van der Waals surface area (Å²) < 4.78 is 0. The molecule has 2 heteroatoms. The molecule has 1 nitrogen and oxygen atoms in total. The quantitative estimate of drug-likeness (QED) is 0.709. The highest BCUT2D eigenvalue weighted by molar-refractivity contribution is 6.24. The summed E-state index contributed by atoms with van der Waals surface area (Å²) in [5.41, 5.74) is 1.19. The van der Waals surface area contributed by atoms with Gasteiger partial charge in [-0.25, -0.2) is 0 Å². The molecule has 15 heavy (non-hydrogen) atoms. The molecule has 0 aliphatic rings. The van der Waals surface area contributed by atoms with Crippen molar-refractivity contribution in [2.24, 2.45) is 0 Å². The maximum Gasteiger partial charge on any atom is 0.0644 e. The molecule has 0 radical (unpaired) electrons. The van der Waals surface area contributed by atoms with Gasteiger partial charge in [0.2, 0.25) is 0 Å². The summed E-state index contributed by atoms with van der Waals surface area (Å²) in [5, 5.41) is 2.49. The molecule has 0 saturated heterocycles. The zero-order chi connectivity index (χ0) is 10.2. The predicted octanol–water partition coefficient (Wildman–Crippen LogP) is 4.48. The minimum atomic E-state index is -0.305. The Labute approximate surface area is 95.6 Å². The van der Waals surface area contributed by atoms with Gasteiger partial charge in [-0.3, -0.25) is 0 Å². The van der Waals surface area contributed by atoms with Crippen LogP contribution in [0.25, 0.3) is 10.8 Å². The fourth-order valence-electron chi connectivity index (χ4n) is 1.74. The van der Waals surface area contributed by atoms with E-state index in [1.807, 2.05) is 19.9 Å². The van der Waals surface area contributed by atoms with E-state index in [9.17, 15) is 0 Å². The number of alkyl halides is 1. The summed E-state index contributed by atoms with van der Waals surface area (Å²) in [7, 11) is 0. The van der Waals surface area contributed by atoms with Gasteiger partial charge in [0.15, 0.2) is 0 Å². The molecule has 0 saturated carbocycles. The van der Waals surface area contributed by atoms with Crippen LogP contribution in [0.3, 0.4) is 0 Å². The number of hydrogen-bond donors (Lipinski definition) is 1. The van der Waals surface area contributed by atoms with Crippen molar-refractivity contribution in [3.8, 4) is 0 Å². The minimum absolute atomic E-state index is 0. The van der Waals surface area contributed by atoms with Crippen LogP contribution in [-0.4, -0.2) is 0 Å². The van der Waals surface area contributed by atoms with Crippen LogP contribution in [0.2, 0.25) is 0 Å². The maximum absolute atomic E-state index is 6.34. The van der Waals surface area contributed by atoms with Crippen LogP contribution < -0.4 is 6.15 Å². The molecule has 2 aromatic rings. The predicted molar refractivity (Wildman–Crippen MR) is 67.8 cm³/mol. The third-order valence-electron chi connectivity index (χ3n) is 2.43. The fourth-order valence-corrected chi connectivity index (χ4v) is 1.91. The second-order valence-corrected chi connectivity index (χ2v) is 4.94. The molecule has 0 heterocycles. The van der Waals surface area contributed by atoms with E-state index in [2.05, 4.69) is 36.4 Å². The smallest absolute Gasteiger partial charge is 0.0644 e. The van der Waals surface area contributed by atoms with Gasteiger partial charge in [-0.05, 0) is 30.2 Å². The Morgan fingerprint density at radius 3 is 2.20 bits per heavy atom. The number of benzene rings is 2. The second-order valence-electron chi connectivity index (χ2n) is 4.00. The monoisotopic (exact) mass is 221 g/mol. The number of halogens is 1. The first-order chi connectivity index (χ1) is 6.59. The Kier molecular flexibility index (Phi) is 3.38. The molecule has 0 aliphatic heterocycles. The average molecular weight is 222 g/mol. The van der Waals surface area contributed by atoms with Gasteiger partial charge in [-0.15, -0.1) is 11.6 Å². The molecule has 0 spiro atoms. The first-order valence-electron chi connectivity index (χ1n) is 4.76. The Morgan fingerprint density at radius 1 is 0.933 bits per heavy atom. The molecule has 80 valence electrons. The van der Waals surface area contributed by atoms with E-state index in [4.69, 9.17) is 11.6 Å². The lowest BCUT2D eigenvalue weighted by Crippen LogP contribution is -2.07. The molecule has 0 atom stereocenters.